The lowest BCUT2D eigenvalue weighted by atomic mass is 9.91. The zero-order chi connectivity index (χ0) is 15.5. The van der Waals surface area contributed by atoms with E-state index >= 15 is 0 Å². The van der Waals surface area contributed by atoms with Crippen LogP contribution in [0.25, 0.3) is 0 Å². The maximum absolute atomic E-state index is 5.85. The molecule has 4 heteroatoms. The molecular formula is C17H26BrNO2. The van der Waals surface area contributed by atoms with E-state index in [0.29, 0.717) is 0 Å². The van der Waals surface area contributed by atoms with Crippen molar-refractivity contribution in [2.75, 3.05) is 20.3 Å². The predicted molar refractivity (Wildman–Crippen MR) is 90.2 cm³/mol. The summed E-state index contributed by atoms with van der Waals surface area (Å²) >= 11 is 3.62. The van der Waals surface area contributed by atoms with E-state index in [4.69, 9.17) is 9.47 Å². The third-order valence-electron chi connectivity index (χ3n) is 4.26. The normalized spacial score (nSPS) is 15.7. The molecule has 0 spiro atoms. The van der Waals surface area contributed by atoms with Gasteiger partial charge in [0.15, 0.2) is 0 Å². The number of nitrogens with one attached hydrogen (secondary N) is 1. The Morgan fingerprint density at radius 2 is 2.19 bits per heavy atom. The van der Waals surface area contributed by atoms with E-state index in [-0.39, 0.29) is 11.6 Å². The van der Waals surface area contributed by atoms with Gasteiger partial charge in [-0.25, -0.2) is 0 Å². The van der Waals surface area contributed by atoms with Crippen LogP contribution in [0.4, 0.5) is 0 Å². The highest BCUT2D eigenvalue weighted by atomic mass is 79.9. The molecule has 1 aromatic rings. The molecule has 0 aliphatic carbocycles. The maximum Gasteiger partial charge on any atom is 0.125 e. The third-order valence-corrected chi connectivity index (χ3v) is 4.71. The Morgan fingerprint density at radius 1 is 1.43 bits per heavy atom. The fourth-order valence-electron chi connectivity index (χ4n) is 2.74. The highest BCUT2D eigenvalue weighted by molar-refractivity contribution is 9.10. The SMILES string of the molecule is CCCNC(Cc1cc(Br)cc2c1OCC2)C(C)(C)OC. The van der Waals surface area contributed by atoms with Crippen LogP contribution >= 0.6 is 15.9 Å². The molecule has 0 fully saturated rings. The van der Waals surface area contributed by atoms with Crippen LogP contribution in [0.5, 0.6) is 5.75 Å². The molecule has 0 bridgehead atoms. The van der Waals surface area contributed by atoms with Gasteiger partial charge in [-0.15, -0.1) is 0 Å². The van der Waals surface area contributed by atoms with Crippen LogP contribution in [0.15, 0.2) is 16.6 Å². The Labute approximate surface area is 136 Å². The molecule has 2 rings (SSSR count). The van der Waals surface area contributed by atoms with Crippen molar-refractivity contribution in [1.29, 1.82) is 0 Å². The van der Waals surface area contributed by atoms with Crippen molar-refractivity contribution in [2.24, 2.45) is 0 Å². The highest BCUT2D eigenvalue weighted by Gasteiger charge is 2.30. The quantitative estimate of drug-likeness (QED) is 0.808. The van der Waals surface area contributed by atoms with Crippen molar-refractivity contribution in [3.63, 3.8) is 0 Å². The summed E-state index contributed by atoms with van der Waals surface area (Å²) in [5.41, 5.74) is 2.35. The van der Waals surface area contributed by atoms with Gasteiger partial charge in [-0.1, -0.05) is 22.9 Å². The number of fused-ring (bicyclic) bond motifs is 1. The van der Waals surface area contributed by atoms with Crippen molar-refractivity contribution in [3.05, 3.63) is 27.7 Å². The number of rotatable bonds is 7. The lowest BCUT2D eigenvalue weighted by molar-refractivity contribution is -0.0101. The first-order valence-electron chi connectivity index (χ1n) is 7.70. The van der Waals surface area contributed by atoms with Crippen LogP contribution in [-0.4, -0.2) is 31.9 Å². The first kappa shape index (κ1) is 16.8. The van der Waals surface area contributed by atoms with Gasteiger partial charge in [0.25, 0.3) is 0 Å². The topological polar surface area (TPSA) is 30.5 Å². The number of benzene rings is 1. The molecule has 0 saturated heterocycles. The van der Waals surface area contributed by atoms with Crippen LogP contribution < -0.4 is 10.1 Å². The molecule has 0 radical (unpaired) electrons. The van der Waals surface area contributed by atoms with Gasteiger partial charge in [0.1, 0.15) is 5.75 Å². The molecule has 1 atom stereocenters. The molecular weight excluding hydrogens is 330 g/mol. The summed E-state index contributed by atoms with van der Waals surface area (Å²) < 4.78 is 12.7. The number of hydrogen-bond acceptors (Lipinski definition) is 3. The molecule has 1 unspecified atom stereocenters. The number of ether oxygens (including phenoxy) is 2. The second-order valence-corrected chi connectivity index (χ2v) is 7.09. The molecule has 1 aromatic carbocycles. The van der Waals surface area contributed by atoms with Gasteiger partial charge >= 0.3 is 0 Å². The monoisotopic (exact) mass is 355 g/mol. The van der Waals surface area contributed by atoms with E-state index in [9.17, 15) is 0 Å². The van der Waals surface area contributed by atoms with E-state index < -0.39 is 0 Å². The van der Waals surface area contributed by atoms with Gasteiger partial charge in [-0.3, -0.25) is 0 Å². The summed E-state index contributed by atoms with van der Waals surface area (Å²) in [5.74, 6) is 1.08. The van der Waals surface area contributed by atoms with Crippen molar-refractivity contribution in [2.45, 2.75) is 51.7 Å². The van der Waals surface area contributed by atoms with Gasteiger partial charge in [0, 0.05) is 24.0 Å². The van der Waals surface area contributed by atoms with Crippen molar-refractivity contribution in [3.8, 4) is 5.75 Å². The smallest absolute Gasteiger partial charge is 0.125 e. The van der Waals surface area contributed by atoms with Gasteiger partial charge in [0.05, 0.1) is 12.2 Å². The first-order chi connectivity index (χ1) is 9.97. The van der Waals surface area contributed by atoms with Gasteiger partial charge in [-0.05, 0) is 56.5 Å². The fraction of sp³-hybridized carbons (Fsp3) is 0.647. The van der Waals surface area contributed by atoms with Crippen LogP contribution in [0.2, 0.25) is 0 Å². The molecule has 0 amide bonds. The second-order valence-electron chi connectivity index (χ2n) is 6.17. The lowest BCUT2D eigenvalue weighted by Crippen LogP contribution is -2.49. The minimum atomic E-state index is -0.219. The predicted octanol–water partition coefficient (Wildman–Crippen LogP) is 3.72. The summed E-state index contributed by atoms with van der Waals surface area (Å²) in [6, 6.07) is 4.60. The van der Waals surface area contributed by atoms with E-state index in [2.05, 4.69) is 54.2 Å². The fourth-order valence-corrected chi connectivity index (χ4v) is 3.29. The molecule has 1 heterocycles. The van der Waals surface area contributed by atoms with Gasteiger partial charge in [0.2, 0.25) is 0 Å². The average Bonchev–Trinajstić information content (AvgIpc) is 2.91. The third kappa shape index (κ3) is 3.99. The molecule has 0 saturated carbocycles. The Morgan fingerprint density at radius 3 is 2.86 bits per heavy atom. The first-order valence-corrected chi connectivity index (χ1v) is 8.50. The van der Waals surface area contributed by atoms with Crippen molar-refractivity contribution in [1.82, 2.24) is 5.32 Å². The molecule has 21 heavy (non-hydrogen) atoms. The highest BCUT2D eigenvalue weighted by Crippen LogP contribution is 2.34. The van der Waals surface area contributed by atoms with Gasteiger partial charge in [-0.2, -0.15) is 0 Å². The standard InChI is InChI=1S/C17H26BrNO2/c1-5-7-19-15(17(2,3)20-4)11-13-10-14(18)9-12-6-8-21-16(12)13/h9-10,15,19H,5-8,11H2,1-4H3. The Bertz CT molecular complexity index is 488. The summed E-state index contributed by atoms with van der Waals surface area (Å²) in [5, 5.41) is 3.62. The van der Waals surface area contributed by atoms with Crippen LogP contribution in [0.3, 0.4) is 0 Å². The Kier molecular flexibility index (Phi) is 5.69. The van der Waals surface area contributed by atoms with E-state index in [1.807, 2.05) is 0 Å². The van der Waals surface area contributed by atoms with Crippen molar-refractivity contribution < 1.29 is 9.47 Å². The lowest BCUT2D eigenvalue weighted by Gasteiger charge is -2.34. The Hall–Kier alpha value is -0.580. The summed E-state index contributed by atoms with van der Waals surface area (Å²) in [7, 11) is 1.78. The number of methoxy groups -OCH3 is 1. The summed E-state index contributed by atoms with van der Waals surface area (Å²) in [6.45, 7) is 8.25. The molecule has 1 N–H and O–H groups in total. The number of hydrogen-bond donors (Lipinski definition) is 1. The van der Waals surface area contributed by atoms with E-state index in [1.54, 1.807) is 7.11 Å². The van der Waals surface area contributed by atoms with Crippen LogP contribution in [0, 0.1) is 0 Å². The minimum Gasteiger partial charge on any atom is -0.493 e. The van der Waals surface area contributed by atoms with Gasteiger partial charge < -0.3 is 14.8 Å². The van der Waals surface area contributed by atoms with E-state index in [0.717, 1.165) is 42.6 Å². The molecule has 1 aliphatic heterocycles. The van der Waals surface area contributed by atoms with E-state index in [1.165, 1.54) is 11.1 Å². The van der Waals surface area contributed by atoms with Crippen LogP contribution in [0.1, 0.15) is 38.3 Å². The largest absolute Gasteiger partial charge is 0.493 e. The second kappa shape index (κ2) is 7.12. The summed E-state index contributed by atoms with van der Waals surface area (Å²) in [6.07, 6.45) is 3.02. The summed E-state index contributed by atoms with van der Waals surface area (Å²) in [4.78, 5) is 0. The molecule has 0 aromatic heterocycles. The Balaban J connectivity index is 2.24. The number of halogens is 1. The average molecular weight is 356 g/mol. The maximum atomic E-state index is 5.85. The zero-order valence-corrected chi connectivity index (χ0v) is 15.0. The molecule has 118 valence electrons. The molecule has 1 aliphatic rings. The van der Waals surface area contributed by atoms with Crippen molar-refractivity contribution >= 4 is 15.9 Å². The zero-order valence-electron chi connectivity index (χ0n) is 13.5. The molecule has 3 nitrogen and oxygen atoms in total. The minimum absolute atomic E-state index is 0.219. The van der Waals surface area contributed by atoms with Crippen LogP contribution in [-0.2, 0) is 17.6 Å².